The van der Waals surface area contributed by atoms with E-state index in [1.807, 2.05) is 0 Å². The van der Waals surface area contributed by atoms with Gasteiger partial charge in [0.05, 0.1) is 19.1 Å². The smallest absolute Gasteiger partial charge is 0.310 e. The van der Waals surface area contributed by atoms with Crippen LogP contribution in [0, 0.1) is 11.3 Å². The molecule has 6 heteroatoms. The highest BCUT2D eigenvalue weighted by Gasteiger charge is 2.16. The molecule has 0 N–H and O–H groups in total. The Balaban J connectivity index is 3.03. The van der Waals surface area contributed by atoms with Crippen LogP contribution >= 0.6 is 0 Å². The summed E-state index contributed by atoms with van der Waals surface area (Å²) in [4.78, 5) is 14.5. The number of methoxy groups -OCH3 is 1. The second-order valence-corrected chi connectivity index (χ2v) is 2.95. The molecule has 84 valence electrons. The van der Waals surface area contributed by atoms with Crippen molar-refractivity contribution in [3.8, 4) is 6.07 Å². The van der Waals surface area contributed by atoms with Crippen LogP contribution in [0.3, 0.4) is 0 Å². The number of alkyl halides is 2. The first kappa shape index (κ1) is 12.0. The van der Waals surface area contributed by atoms with E-state index >= 15 is 0 Å². The van der Waals surface area contributed by atoms with Gasteiger partial charge >= 0.3 is 5.97 Å². The molecule has 1 heterocycles. The predicted octanol–water partition coefficient (Wildman–Crippen LogP) is 1.61. The van der Waals surface area contributed by atoms with Gasteiger partial charge in [-0.05, 0) is 11.6 Å². The molecule has 0 saturated carbocycles. The van der Waals surface area contributed by atoms with E-state index in [9.17, 15) is 13.6 Å². The van der Waals surface area contributed by atoms with Crippen LogP contribution in [0.15, 0.2) is 12.3 Å². The van der Waals surface area contributed by atoms with Gasteiger partial charge in [0, 0.05) is 6.20 Å². The molecule has 0 atom stereocenters. The number of nitriles is 1. The standard InChI is InChI=1S/C10H8F2N2O2/c1-16-9(15)3-6-2-7(10(11)12)8(4-13)14-5-6/h2,5,10H,3H2,1H3. The van der Waals surface area contributed by atoms with Crippen molar-refractivity contribution >= 4 is 5.97 Å². The van der Waals surface area contributed by atoms with Crippen molar-refractivity contribution in [2.24, 2.45) is 0 Å². The second kappa shape index (κ2) is 5.16. The maximum atomic E-state index is 12.5. The van der Waals surface area contributed by atoms with E-state index in [1.165, 1.54) is 13.3 Å². The normalized spacial score (nSPS) is 9.94. The first-order chi connectivity index (χ1) is 7.58. The molecule has 0 amide bonds. The van der Waals surface area contributed by atoms with E-state index in [0.717, 1.165) is 6.07 Å². The molecule has 0 aliphatic carbocycles. The molecular formula is C10H8F2N2O2. The number of rotatable bonds is 3. The van der Waals surface area contributed by atoms with Gasteiger partial charge in [0.15, 0.2) is 0 Å². The monoisotopic (exact) mass is 226 g/mol. The summed E-state index contributed by atoms with van der Waals surface area (Å²) in [6.45, 7) is 0. The molecule has 0 aliphatic rings. The van der Waals surface area contributed by atoms with Crippen LogP contribution in [-0.2, 0) is 16.0 Å². The number of aromatic nitrogens is 1. The third kappa shape index (κ3) is 2.73. The van der Waals surface area contributed by atoms with Crippen LogP contribution in [0.25, 0.3) is 0 Å². The number of carbonyl (C=O) groups is 1. The maximum absolute atomic E-state index is 12.5. The van der Waals surface area contributed by atoms with E-state index < -0.39 is 18.0 Å². The molecule has 4 nitrogen and oxygen atoms in total. The average molecular weight is 226 g/mol. The van der Waals surface area contributed by atoms with Gasteiger partial charge in [0.25, 0.3) is 6.43 Å². The van der Waals surface area contributed by atoms with Crippen LogP contribution in [-0.4, -0.2) is 18.1 Å². The number of pyridine rings is 1. The Bertz CT molecular complexity index is 441. The highest BCUT2D eigenvalue weighted by atomic mass is 19.3. The minimum atomic E-state index is -2.79. The molecular weight excluding hydrogens is 218 g/mol. The van der Waals surface area contributed by atoms with Crippen molar-refractivity contribution in [3.63, 3.8) is 0 Å². The number of halogens is 2. The third-order valence-corrected chi connectivity index (χ3v) is 1.89. The Hall–Kier alpha value is -2.03. The SMILES string of the molecule is COC(=O)Cc1cnc(C#N)c(C(F)F)c1. The van der Waals surface area contributed by atoms with E-state index in [-0.39, 0.29) is 12.1 Å². The lowest BCUT2D eigenvalue weighted by molar-refractivity contribution is -0.139. The average Bonchev–Trinajstić information content (AvgIpc) is 2.28. The Kier molecular flexibility index (Phi) is 3.89. The number of hydrogen-bond acceptors (Lipinski definition) is 4. The number of hydrogen-bond donors (Lipinski definition) is 0. The number of esters is 1. The molecule has 1 aromatic rings. The zero-order valence-electron chi connectivity index (χ0n) is 8.41. The van der Waals surface area contributed by atoms with Crippen LogP contribution in [0.4, 0.5) is 8.78 Å². The first-order valence-electron chi connectivity index (χ1n) is 4.32. The molecule has 0 aliphatic heterocycles. The maximum Gasteiger partial charge on any atom is 0.310 e. The Morgan fingerprint density at radius 3 is 2.88 bits per heavy atom. The van der Waals surface area contributed by atoms with Crippen molar-refractivity contribution in [2.45, 2.75) is 12.8 Å². The lowest BCUT2D eigenvalue weighted by atomic mass is 10.1. The van der Waals surface area contributed by atoms with Crippen LogP contribution < -0.4 is 0 Å². The van der Waals surface area contributed by atoms with Crippen molar-refractivity contribution in [1.82, 2.24) is 4.98 Å². The van der Waals surface area contributed by atoms with Crippen LogP contribution in [0.2, 0.25) is 0 Å². The third-order valence-electron chi connectivity index (χ3n) is 1.89. The predicted molar refractivity (Wildman–Crippen MR) is 49.6 cm³/mol. The fraction of sp³-hybridized carbons (Fsp3) is 0.300. The van der Waals surface area contributed by atoms with Gasteiger partial charge in [-0.1, -0.05) is 0 Å². The Morgan fingerprint density at radius 1 is 1.69 bits per heavy atom. The number of nitrogens with zero attached hydrogens (tertiary/aromatic N) is 2. The summed E-state index contributed by atoms with van der Waals surface area (Å²) in [5.41, 5.74) is -0.506. The molecule has 0 fully saturated rings. The van der Waals surface area contributed by atoms with E-state index in [4.69, 9.17) is 5.26 Å². The highest BCUT2D eigenvalue weighted by Crippen LogP contribution is 2.22. The zero-order chi connectivity index (χ0) is 12.1. The molecule has 1 aromatic heterocycles. The minimum Gasteiger partial charge on any atom is -0.469 e. The van der Waals surface area contributed by atoms with Crippen LogP contribution in [0.1, 0.15) is 23.2 Å². The van der Waals surface area contributed by atoms with E-state index in [1.54, 1.807) is 6.07 Å². The van der Waals surface area contributed by atoms with Gasteiger partial charge in [-0.25, -0.2) is 13.8 Å². The summed E-state index contributed by atoms with van der Waals surface area (Å²) in [6.07, 6.45) is -1.73. The molecule has 0 radical (unpaired) electrons. The van der Waals surface area contributed by atoms with Gasteiger partial charge in [0.1, 0.15) is 11.8 Å². The second-order valence-electron chi connectivity index (χ2n) is 2.95. The number of ether oxygens (including phenoxy) is 1. The van der Waals surface area contributed by atoms with Gasteiger partial charge in [-0.3, -0.25) is 4.79 Å². The lowest BCUT2D eigenvalue weighted by Gasteiger charge is -2.04. The zero-order valence-corrected chi connectivity index (χ0v) is 8.41. The van der Waals surface area contributed by atoms with Crippen LogP contribution in [0.5, 0.6) is 0 Å². The summed E-state index contributed by atoms with van der Waals surface area (Å²) < 4.78 is 29.4. The molecule has 1 rings (SSSR count). The van der Waals surface area contributed by atoms with Gasteiger partial charge in [-0.15, -0.1) is 0 Å². The fourth-order valence-electron chi connectivity index (χ4n) is 1.12. The molecule has 0 aromatic carbocycles. The van der Waals surface area contributed by atoms with E-state index in [0.29, 0.717) is 5.56 Å². The molecule has 0 unspecified atom stereocenters. The first-order valence-corrected chi connectivity index (χ1v) is 4.32. The molecule has 0 spiro atoms. The topological polar surface area (TPSA) is 63.0 Å². The van der Waals surface area contributed by atoms with Crippen molar-refractivity contribution in [1.29, 1.82) is 5.26 Å². The summed E-state index contributed by atoms with van der Waals surface area (Å²) in [7, 11) is 1.20. The highest BCUT2D eigenvalue weighted by molar-refractivity contribution is 5.72. The van der Waals surface area contributed by atoms with Gasteiger partial charge < -0.3 is 4.74 Å². The molecule has 0 bridgehead atoms. The lowest BCUT2D eigenvalue weighted by Crippen LogP contribution is -2.06. The summed E-state index contributed by atoms with van der Waals surface area (Å²) in [5, 5.41) is 8.55. The summed E-state index contributed by atoms with van der Waals surface area (Å²) >= 11 is 0. The van der Waals surface area contributed by atoms with Gasteiger partial charge in [0.2, 0.25) is 0 Å². The number of carbonyl (C=O) groups excluding carboxylic acids is 1. The Morgan fingerprint density at radius 2 is 2.38 bits per heavy atom. The van der Waals surface area contributed by atoms with Crippen molar-refractivity contribution in [3.05, 3.63) is 29.1 Å². The molecule has 0 saturated heterocycles. The summed E-state index contributed by atoms with van der Waals surface area (Å²) in [6, 6.07) is 2.65. The fourth-order valence-corrected chi connectivity index (χ4v) is 1.12. The quantitative estimate of drug-likeness (QED) is 0.734. The van der Waals surface area contributed by atoms with Gasteiger partial charge in [-0.2, -0.15) is 5.26 Å². The Labute approximate surface area is 90.5 Å². The van der Waals surface area contributed by atoms with E-state index in [2.05, 4.69) is 9.72 Å². The summed E-state index contributed by atoms with van der Waals surface area (Å²) in [5.74, 6) is -0.549. The van der Waals surface area contributed by atoms with Crippen molar-refractivity contribution < 1.29 is 18.3 Å². The molecule has 16 heavy (non-hydrogen) atoms. The largest absolute Gasteiger partial charge is 0.469 e. The van der Waals surface area contributed by atoms with Crippen molar-refractivity contribution in [2.75, 3.05) is 7.11 Å². The minimum absolute atomic E-state index is 0.144.